The van der Waals surface area contributed by atoms with Crippen LogP contribution >= 0.6 is 0 Å². The zero-order valence-corrected chi connectivity index (χ0v) is 25.7. The molecule has 0 saturated heterocycles. The second kappa shape index (κ2) is 15.5. The van der Waals surface area contributed by atoms with Crippen molar-refractivity contribution >= 4 is 11.8 Å². The molecule has 1 aliphatic rings. The molecule has 1 heterocycles. The Morgan fingerprint density at radius 3 is 2.33 bits per heavy atom. The fourth-order valence-electron chi connectivity index (χ4n) is 5.34. The molecule has 4 aromatic carbocycles. The maximum absolute atomic E-state index is 14.4. The number of amides is 1. The van der Waals surface area contributed by atoms with Crippen LogP contribution in [0.1, 0.15) is 45.9 Å². The fraction of sp³-hybridized carbons (Fsp3) is 0.257. The molecular weight excluding hydrogens is 625 g/mol. The molecule has 0 aromatic heterocycles. The number of nitrogens with zero attached hydrogens (tertiary/aromatic N) is 4. The lowest BCUT2D eigenvalue weighted by Crippen LogP contribution is -2.53. The van der Waals surface area contributed by atoms with Crippen LogP contribution in [0.2, 0.25) is 0 Å². The number of hydrogen-bond acceptors (Lipinski definition) is 7. The van der Waals surface area contributed by atoms with E-state index in [1.54, 1.807) is 24.3 Å². The lowest BCUT2D eigenvalue weighted by atomic mass is 9.81. The van der Waals surface area contributed by atoms with Crippen LogP contribution in [-0.4, -0.2) is 35.7 Å². The van der Waals surface area contributed by atoms with Gasteiger partial charge in [-0.2, -0.15) is 13.2 Å². The predicted molar refractivity (Wildman–Crippen MR) is 173 cm³/mol. The van der Waals surface area contributed by atoms with Crippen LogP contribution in [0.15, 0.2) is 113 Å². The minimum atomic E-state index is -4.46. The number of aliphatic imine (C=N–C) groups is 1. The molecule has 0 unspecified atom stereocenters. The van der Waals surface area contributed by atoms with Crippen molar-refractivity contribution in [3.05, 3.63) is 147 Å². The van der Waals surface area contributed by atoms with Crippen LogP contribution < -0.4 is 15.6 Å². The minimum absolute atomic E-state index is 0.0128. The molecule has 0 fully saturated rings. The Morgan fingerprint density at radius 2 is 1.67 bits per heavy atom. The first kappa shape index (κ1) is 34.0. The molecular formula is C35H33F3N6O4. The van der Waals surface area contributed by atoms with Gasteiger partial charge in [0.1, 0.15) is 5.75 Å². The molecule has 10 nitrogen and oxygen atoms in total. The number of aliphatic hydroxyl groups is 1. The van der Waals surface area contributed by atoms with E-state index in [-0.39, 0.29) is 32.0 Å². The number of hydrazine groups is 1. The summed E-state index contributed by atoms with van der Waals surface area (Å²) in [4.78, 5) is 22.3. The second-order valence-corrected chi connectivity index (χ2v) is 11.0. The molecule has 3 N–H and O–H groups in total. The number of rotatable bonds is 14. The number of ether oxygens (including phenoxy) is 2. The van der Waals surface area contributed by atoms with Gasteiger partial charge in [-0.15, -0.1) is 0 Å². The van der Waals surface area contributed by atoms with Gasteiger partial charge in [0.05, 0.1) is 18.7 Å². The quantitative estimate of drug-likeness (QED) is 0.0461. The molecule has 0 spiro atoms. The van der Waals surface area contributed by atoms with E-state index in [0.717, 1.165) is 12.1 Å². The smallest absolute Gasteiger partial charge is 0.416 e. The molecule has 0 saturated carbocycles. The summed E-state index contributed by atoms with van der Waals surface area (Å²) >= 11 is 0. The number of nitrogens with one attached hydrogen (secondary N) is 2. The molecule has 0 radical (unpaired) electrons. The molecule has 5 rings (SSSR count). The van der Waals surface area contributed by atoms with Crippen LogP contribution in [0.5, 0.6) is 5.75 Å². The zero-order chi connectivity index (χ0) is 34.0. The third-order valence-electron chi connectivity index (χ3n) is 7.79. The van der Waals surface area contributed by atoms with Crippen LogP contribution in [0.25, 0.3) is 10.4 Å². The molecule has 1 aliphatic heterocycles. The summed E-state index contributed by atoms with van der Waals surface area (Å²) in [6.07, 6.45) is -4.81. The second-order valence-electron chi connectivity index (χ2n) is 11.0. The Balaban J connectivity index is 1.51. The average Bonchev–Trinajstić information content (AvgIpc) is 3.49. The van der Waals surface area contributed by atoms with Gasteiger partial charge in [0.25, 0.3) is 5.91 Å². The van der Waals surface area contributed by atoms with Crippen LogP contribution in [0, 0.1) is 0 Å². The number of carbonyl (C=O) groups is 1. The summed E-state index contributed by atoms with van der Waals surface area (Å²) in [5.41, 5.74) is 15.4. The van der Waals surface area contributed by atoms with Crippen LogP contribution in [0.4, 0.5) is 13.2 Å². The Labute approximate surface area is 274 Å². The monoisotopic (exact) mass is 658 g/mol. The van der Waals surface area contributed by atoms with Gasteiger partial charge in [-0.3, -0.25) is 10.2 Å². The highest BCUT2D eigenvalue weighted by Crippen LogP contribution is 2.43. The van der Waals surface area contributed by atoms with Crippen molar-refractivity contribution in [3.8, 4) is 5.75 Å². The molecule has 13 heteroatoms. The molecule has 48 heavy (non-hydrogen) atoms. The number of azide groups is 1. The SMILES string of the molecule is [N-]=[N+]=NCc1ccccc1C[C@]1(C(=O)NNCc2ccc(C(F)(F)F)cc2)N=C(c2ccc(OCCCO)cc2)O[C@H]1c1ccccc1. The third kappa shape index (κ3) is 8.13. The van der Waals surface area contributed by atoms with Gasteiger partial charge in [0.15, 0.2) is 11.6 Å². The number of hydrogen-bond donors (Lipinski definition) is 3. The maximum Gasteiger partial charge on any atom is 0.416 e. The highest BCUT2D eigenvalue weighted by atomic mass is 19.4. The number of halogens is 3. The molecule has 248 valence electrons. The number of aliphatic hydroxyl groups excluding tert-OH is 1. The van der Waals surface area contributed by atoms with E-state index >= 15 is 0 Å². The summed E-state index contributed by atoms with van der Waals surface area (Å²) < 4.78 is 51.3. The Bertz CT molecular complexity index is 1760. The first-order chi connectivity index (χ1) is 23.2. The summed E-state index contributed by atoms with van der Waals surface area (Å²) in [6, 6.07) is 28.1. The highest BCUT2D eigenvalue weighted by Gasteiger charge is 2.53. The van der Waals surface area contributed by atoms with Gasteiger partial charge in [-0.1, -0.05) is 71.8 Å². The normalized spacial score (nSPS) is 17.2. The highest BCUT2D eigenvalue weighted by molar-refractivity contribution is 6.01. The number of benzene rings is 4. The van der Waals surface area contributed by atoms with Crippen molar-refractivity contribution < 1.29 is 32.5 Å². The van der Waals surface area contributed by atoms with E-state index in [0.29, 0.717) is 46.6 Å². The first-order valence-corrected chi connectivity index (χ1v) is 15.2. The molecule has 1 amide bonds. The minimum Gasteiger partial charge on any atom is -0.494 e. The topological polar surface area (TPSA) is 141 Å². The number of carbonyl (C=O) groups excluding carboxylic acids is 1. The third-order valence-corrected chi connectivity index (χ3v) is 7.79. The van der Waals surface area contributed by atoms with Crippen molar-refractivity contribution in [2.75, 3.05) is 13.2 Å². The lowest BCUT2D eigenvalue weighted by molar-refractivity contribution is -0.137. The number of alkyl halides is 3. The summed E-state index contributed by atoms with van der Waals surface area (Å²) in [5, 5.41) is 12.8. The van der Waals surface area contributed by atoms with E-state index in [4.69, 9.17) is 25.1 Å². The molecule has 2 atom stereocenters. The van der Waals surface area contributed by atoms with Crippen molar-refractivity contribution in [2.24, 2.45) is 10.1 Å². The van der Waals surface area contributed by atoms with E-state index in [1.807, 2.05) is 54.6 Å². The summed E-state index contributed by atoms with van der Waals surface area (Å²) in [7, 11) is 0. The van der Waals surface area contributed by atoms with Gasteiger partial charge in [-0.05, 0) is 64.2 Å². The van der Waals surface area contributed by atoms with Gasteiger partial charge in [0, 0.05) is 36.5 Å². The Morgan fingerprint density at radius 1 is 0.979 bits per heavy atom. The Hall–Kier alpha value is -5.36. The standard InChI is InChI=1S/C35H33F3N6O4/c36-35(37,38)29-15-11-24(12-16-29)22-40-43-33(46)34(21-27-9-4-5-10-28(27)23-41-44-39)31(25-7-2-1-3-8-25)48-32(42-34)26-13-17-30(18-14-26)47-20-6-19-45/h1-5,7-18,31,40,45H,6,19-23H2,(H,43,46)/t31-,34-/m0/s1. The molecule has 4 aromatic rings. The van der Waals surface area contributed by atoms with E-state index < -0.39 is 29.3 Å². The van der Waals surface area contributed by atoms with E-state index in [2.05, 4.69) is 20.9 Å². The van der Waals surface area contributed by atoms with Crippen molar-refractivity contribution in [3.63, 3.8) is 0 Å². The van der Waals surface area contributed by atoms with Crippen molar-refractivity contribution in [2.45, 2.75) is 43.8 Å². The largest absolute Gasteiger partial charge is 0.494 e. The van der Waals surface area contributed by atoms with Gasteiger partial charge < -0.3 is 14.6 Å². The first-order valence-electron chi connectivity index (χ1n) is 15.2. The van der Waals surface area contributed by atoms with Crippen LogP contribution in [0.3, 0.4) is 0 Å². The van der Waals surface area contributed by atoms with E-state index in [1.165, 1.54) is 12.1 Å². The van der Waals surface area contributed by atoms with Crippen LogP contribution in [-0.2, 0) is 35.2 Å². The summed E-state index contributed by atoms with van der Waals surface area (Å²) in [6.45, 7) is 0.459. The van der Waals surface area contributed by atoms with Gasteiger partial charge >= 0.3 is 6.18 Å². The van der Waals surface area contributed by atoms with Gasteiger partial charge in [-0.25, -0.2) is 10.4 Å². The lowest BCUT2D eigenvalue weighted by Gasteiger charge is -2.31. The summed E-state index contributed by atoms with van der Waals surface area (Å²) in [5.74, 6) is 0.269. The fourth-order valence-corrected chi connectivity index (χ4v) is 5.34. The van der Waals surface area contributed by atoms with E-state index in [9.17, 15) is 18.0 Å². The average molecular weight is 659 g/mol. The van der Waals surface area contributed by atoms with Gasteiger partial charge in [0.2, 0.25) is 5.90 Å². The molecule has 0 bridgehead atoms. The predicted octanol–water partition coefficient (Wildman–Crippen LogP) is 6.60. The van der Waals surface area contributed by atoms with Crippen molar-refractivity contribution in [1.29, 1.82) is 0 Å². The zero-order valence-electron chi connectivity index (χ0n) is 25.7. The Kier molecular flexibility index (Phi) is 11.0. The maximum atomic E-state index is 14.4. The van der Waals surface area contributed by atoms with Crippen molar-refractivity contribution in [1.82, 2.24) is 10.9 Å². The molecule has 0 aliphatic carbocycles.